The normalized spacial score (nSPS) is 17.8. The highest BCUT2D eigenvalue weighted by Gasteiger charge is 2.26. The Morgan fingerprint density at radius 3 is 2.54 bits per heavy atom. The standard InChI is InChI=1S/C18H24N4O2/c1-12-15(17(24)22-20-12)9-10-16(23)21-19-11-13-5-7-14(8-6-13)18(2,3)4/h5-8,11,15H,9-10H2,1-4H3,(H,21,23)(H,22,24). The van der Waals surface area contributed by atoms with Crippen molar-refractivity contribution in [2.24, 2.45) is 16.1 Å². The lowest BCUT2D eigenvalue weighted by atomic mass is 9.87. The molecule has 1 aliphatic heterocycles. The molecule has 0 spiro atoms. The lowest BCUT2D eigenvalue weighted by Gasteiger charge is -2.18. The Morgan fingerprint density at radius 1 is 1.33 bits per heavy atom. The molecule has 0 bridgehead atoms. The molecule has 2 N–H and O–H groups in total. The Hall–Kier alpha value is -2.50. The Balaban J connectivity index is 1.80. The van der Waals surface area contributed by atoms with Crippen LogP contribution in [0.25, 0.3) is 0 Å². The lowest BCUT2D eigenvalue weighted by molar-refractivity contribution is -0.123. The van der Waals surface area contributed by atoms with Crippen LogP contribution in [0.3, 0.4) is 0 Å². The van der Waals surface area contributed by atoms with E-state index in [4.69, 9.17) is 0 Å². The van der Waals surface area contributed by atoms with Crippen LogP contribution in [-0.4, -0.2) is 23.7 Å². The van der Waals surface area contributed by atoms with E-state index in [1.54, 1.807) is 13.1 Å². The first-order valence-electron chi connectivity index (χ1n) is 8.04. The first kappa shape index (κ1) is 17.8. The first-order valence-corrected chi connectivity index (χ1v) is 8.04. The van der Waals surface area contributed by atoms with Crippen molar-refractivity contribution in [3.05, 3.63) is 35.4 Å². The van der Waals surface area contributed by atoms with E-state index in [0.717, 1.165) is 11.3 Å². The van der Waals surface area contributed by atoms with Gasteiger partial charge < -0.3 is 0 Å². The van der Waals surface area contributed by atoms with E-state index in [-0.39, 0.29) is 29.6 Å². The summed E-state index contributed by atoms with van der Waals surface area (Å²) in [6.45, 7) is 8.26. The highest BCUT2D eigenvalue weighted by molar-refractivity contribution is 6.07. The van der Waals surface area contributed by atoms with Crippen molar-refractivity contribution in [2.75, 3.05) is 0 Å². The van der Waals surface area contributed by atoms with Crippen LogP contribution < -0.4 is 10.9 Å². The second-order valence-corrected chi connectivity index (χ2v) is 6.99. The highest BCUT2D eigenvalue weighted by Crippen LogP contribution is 2.21. The average Bonchev–Trinajstić information content (AvgIpc) is 2.83. The number of benzene rings is 1. The summed E-state index contributed by atoms with van der Waals surface area (Å²) in [5.41, 5.74) is 7.89. The molecule has 1 aromatic carbocycles. The smallest absolute Gasteiger partial charge is 0.248 e. The van der Waals surface area contributed by atoms with Gasteiger partial charge in [-0.2, -0.15) is 10.2 Å². The summed E-state index contributed by atoms with van der Waals surface area (Å²) < 4.78 is 0. The molecule has 128 valence electrons. The Bertz CT molecular complexity index is 669. The highest BCUT2D eigenvalue weighted by atomic mass is 16.2. The fraction of sp³-hybridized carbons (Fsp3) is 0.444. The minimum Gasteiger partial charge on any atom is -0.273 e. The SMILES string of the molecule is CC1=NNC(=O)C1CCC(=O)NN=Cc1ccc(C(C)(C)C)cc1. The maximum Gasteiger partial charge on any atom is 0.248 e. The molecular formula is C18H24N4O2. The van der Waals surface area contributed by atoms with Crippen molar-refractivity contribution in [3.8, 4) is 0 Å². The number of nitrogens with zero attached hydrogens (tertiary/aromatic N) is 2. The molecule has 0 aromatic heterocycles. The number of nitrogens with one attached hydrogen (secondary N) is 2. The van der Waals surface area contributed by atoms with Gasteiger partial charge in [0, 0.05) is 12.1 Å². The third-order valence-electron chi connectivity index (χ3n) is 4.00. The van der Waals surface area contributed by atoms with E-state index in [9.17, 15) is 9.59 Å². The molecule has 2 amide bonds. The average molecular weight is 328 g/mol. The third-order valence-corrected chi connectivity index (χ3v) is 4.00. The molecule has 0 saturated carbocycles. The third kappa shape index (κ3) is 4.75. The van der Waals surface area contributed by atoms with E-state index in [1.807, 2.05) is 12.1 Å². The second-order valence-electron chi connectivity index (χ2n) is 6.99. The van der Waals surface area contributed by atoms with Crippen molar-refractivity contribution < 1.29 is 9.59 Å². The van der Waals surface area contributed by atoms with Gasteiger partial charge in [-0.1, -0.05) is 45.0 Å². The molecule has 6 heteroatoms. The fourth-order valence-corrected chi connectivity index (χ4v) is 2.41. The van der Waals surface area contributed by atoms with Gasteiger partial charge in [-0.3, -0.25) is 9.59 Å². The molecule has 1 aromatic rings. The van der Waals surface area contributed by atoms with E-state index in [2.05, 4.69) is 54.0 Å². The van der Waals surface area contributed by atoms with Gasteiger partial charge in [0.15, 0.2) is 0 Å². The van der Waals surface area contributed by atoms with Crippen molar-refractivity contribution in [3.63, 3.8) is 0 Å². The van der Waals surface area contributed by atoms with Crippen molar-refractivity contribution in [1.82, 2.24) is 10.9 Å². The van der Waals surface area contributed by atoms with Gasteiger partial charge in [-0.25, -0.2) is 10.9 Å². The van der Waals surface area contributed by atoms with Crippen LogP contribution in [0.1, 0.15) is 51.7 Å². The monoisotopic (exact) mass is 328 g/mol. The molecule has 2 rings (SSSR count). The zero-order valence-electron chi connectivity index (χ0n) is 14.6. The van der Waals surface area contributed by atoms with E-state index in [1.165, 1.54) is 5.56 Å². The van der Waals surface area contributed by atoms with E-state index < -0.39 is 0 Å². The summed E-state index contributed by atoms with van der Waals surface area (Å²) >= 11 is 0. The number of rotatable bonds is 5. The molecule has 0 radical (unpaired) electrons. The second kappa shape index (κ2) is 7.38. The topological polar surface area (TPSA) is 82.9 Å². The molecule has 1 aliphatic rings. The van der Waals surface area contributed by atoms with Crippen LogP contribution >= 0.6 is 0 Å². The number of carbonyl (C=O) groups is 2. The van der Waals surface area contributed by atoms with Crippen LogP contribution in [0.15, 0.2) is 34.5 Å². The Labute approximate surface area is 142 Å². The van der Waals surface area contributed by atoms with Crippen LogP contribution in [0.4, 0.5) is 0 Å². The predicted molar refractivity (Wildman–Crippen MR) is 94.9 cm³/mol. The molecule has 1 unspecified atom stereocenters. The van der Waals surface area contributed by atoms with Crippen molar-refractivity contribution in [1.29, 1.82) is 0 Å². The van der Waals surface area contributed by atoms with Gasteiger partial charge >= 0.3 is 0 Å². The number of carbonyl (C=O) groups excluding carboxylic acids is 2. The van der Waals surface area contributed by atoms with Gasteiger partial charge in [-0.05, 0) is 29.9 Å². The number of amides is 2. The van der Waals surface area contributed by atoms with Gasteiger partial charge in [0.2, 0.25) is 11.8 Å². The van der Waals surface area contributed by atoms with Crippen LogP contribution in [0.2, 0.25) is 0 Å². The molecule has 6 nitrogen and oxygen atoms in total. The van der Waals surface area contributed by atoms with E-state index in [0.29, 0.717) is 6.42 Å². The van der Waals surface area contributed by atoms with Gasteiger partial charge in [0.1, 0.15) is 0 Å². The molecular weight excluding hydrogens is 304 g/mol. The lowest BCUT2D eigenvalue weighted by Crippen LogP contribution is -2.25. The summed E-state index contributed by atoms with van der Waals surface area (Å²) in [7, 11) is 0. The Morgan fingerprint density at radius 2 is 2.00 bits per heavy atom. The first-order chi connectivity index (χ1) is 11.3. The maximum atomic E-state index is 11.8. The van der Waals surface area contributed by atoms with Crippen LogP contribution in [0, 0.1) is 5.92 Å². The zero-order valence-corrected chi connectivity index (χ0v) is 14.6. The summed E-state index contributed by atoms with van der Waals surface area (Å²) in [5.74, 6) is -0.683. The van der Waals surface area contributed by atoms with Gasteiger partial charge in [0.25, 0.3) is 0 Å². The number of hydrazone groups is 2. The summed E-state index contributed by atoms with van der Waals surface area (Å²) in [4.78, 5) is 23.3. The summed E-state index contributed by atoms with van der Waals surface area (Å²) in [6, 6.07) is 8.06. The largest absolute Gasteiger partial charge is 0.273 e. The summed E-state index contributed by atoms with van der Waals surface area (Å²) in [6.07, 6.45) is 2.27. The molecule has 0 aliphatic carbocycles. The molecule has 24 heavy (non-hydrogen) atoms. The minimum absolute atomic E-state index is 0.109. The fourth-order valence-electron chi connectivity index (χ4n) is 2.41. The summed E-state index contributed by atoms with van der Waals surface area (Å²) in [5, 5.41) is 7.82. The number of hydrogen-bond donors (Lipinski definition) is 2. The quantitative estimate of drug-likeness (QED) is 0.642. The predicted octanol–water partition coefficient (Wildman–Crippen LogP) is 2.34. The maximum absolute atomic E-state index is 11.8. The number of hydrogen-bond acceptors (Lipinski definition) is 4. The van der Waals surface area contributed by atoms with Crippen LogP contribution in [-0.2, 0) is 15.0 Å². The van der Waals surface area contributed by atoms with Gasteiger partial charge in [-0.15, -0.1) is 0 Å². The van der Waals surface area contributed by atoms with Crippen LogP contribution in [0.5, 0.6) is 0 Å². The molecule has 1 heterocycles. The molecule has 0 fully saturated rings. The van der Waals surface area contributed by atoms with Gasteiger partial charge in [0.05, 0.1) is 12.1 Å². The van der Waals surface area contributed by atoms with Crippen molar-refractivity contribution >= 4 is 23.7 Å². The van der Waals surface area contributed by atoms with Crippen molar-refractivity contribution in [2.45, 2.75) is 46.0 Å². The Kier molecular flexibility index (Phi) is 5.49. The molecule has 1 atom stereocenters. The molecule has 0 saturated heterocycles. The zero-order chi connectivity index (χ0) is 17.7. The minimum atomic E-state index is -0.315. The van der Waals surface area contributed by atoms with E-state index >= 15 is 0 Å².